The Labute approximate surface area is 207 Å². The molecule has 8 nitrogen and oxygen atoms in total. The third kappa shape index (κ3) is 6.26. The van der Waals surface area contributed by atoms with Crippen LogP contribution in [0, 0.1) is 5.41 Å². The van der Waals surface area contributed by atoms with E-state index in [1.54, 1.807) is 18.2 Å². The molecular formula is C26H29N5O3S. The summed E-state index contributed by atoms with van der Waals surface area (Å²) in [5, 5.41) is 10.7. The zero-order chi connectivity index (χ0) is 24.8. The number of amides is 2. The molecule has 0 radical (unpaired) electrons. The fourth-order valence-corrected chi connectivity index (χ4v) is 4.84. The predicted octanol–water partition coefficient (Wildman–Crippen LogP) is 5.16. The molecule has 0 spiro atoms. The molecule has 9 heteroatoms. The van der Waals surface area contributed by atoms with Crippen molar-refractivity contribution >= 4 is 34.5 Å². The molecule has 3 aromatic rings. The van der Waals surface area contributed by atoms with E-state index in [0.717, 1.165) is 42.4 Å². The summed E-state index contributed by atoms with van der Waals surface area (Å²) in [7, 11) is 0. The number of carbonyl (C=O) groups is 1. The van der Waals surface area contributed by atoms with Gasteiger partial charge in [-0.05, 0) is 42.2 Å². The van der Waals surface area contributed by atoms with Crippen molar-refractivity contribution in [1.29, 1.82) is 5.41 Å². The van der Waals surface area contributed by atoms with Crippen molar-refractivity contribution in [2.24, 2.45) is 5.73 Å². The molecule has 4 rings (SSSR count). The fourth-order valence-electron chi connectivity index (χ4n) is 4.48. The summed E-state index contributed by atoms with van der Waals surface area (Å²) >= 11 is -2.27. The predicted molar refractivity (Wildman–Crippen MR) is 141 cm³/mol. The Morgan fingerprint density at radius 2 is 1.80 bits per heavy atom. The number of rotatable bonds is 8. The Morgan fingerprint density at radius 1 is 1.06 bits per heavy atom. The number of nitrogens with zero attached hydrogens (tertiary/aromatic N) is 1. The average Bonchev–Trinajstić information content (AvgIpc) is 3.37. The van der Waals surface area contributed by atoms with Crippen LogP contribution in [0.4, 0.5) is 16.2 Å². The van der Waals surface area contributed by atoms with E-state index in [9.17, 15) is 13.6 Å². The standard InChI is InChI=1S/C26H29N5O3S/c27-25(28)20-10-6-7-18(15-20)17-31(22-11-4-5-12-22)26(32)29-21-13-14-23(19-8-2-1-3-9-19)24(16-21)30-35(33)34/h1-3,6-10,13-16,22,30H,4-5,11-12,17H2,(H3,27,28)(H,29,32)(H,33,34). The monoisotopic (exact) mass is 491 g/mol. The second-order valence-electron chi connectivity index (χ2n) is 8.59. The van der Waals surface area contributed by atoms with Crippen LogP contribution in [0.1, 0.15) is 36.8 Å². The lowest BCUT2D eigenvalue weighted by atomic mass is 10.0. The van der Waals surface area contributed by atoms with E-state index in [1.807, 2.05) is 59.5 Å². The number of hydrogen-bond donors (Lipinski definition) is 5. The van der Waals surface area contributed by atoms with Crippen LogP contribution < -0.4 is 15.8 Å². The lowest BCUT2D eigenvalue weighted by Crippen LogP contribution is -2.41. The van der Waals surface area contributed by atoms with Crippen LogP contribution in [0.3, 0.4) is 0 Å². The number of anilines is 2. The van der Waals surface area contributed by atoms with Gasteiger partial charge in [0.2, 0.25) is 0 Å². The highest BCUT2D eigenvalue weighted by Crippen LogP contribution is 2.32. The summed E-state index contributed by atoms with van der Waals surface area (Å²) in [4.78, 5) is 15.3. The quantitative estimate of drug-likeness (QED) is 0.169. The summed E-state index contributed by atoms with van der Waals surface area (Å²) in [6.45, 7) is 0.394. The van der Waals surface area contributed by atoms with Crippen LogP contribution in [0.25, 0.3) is 11.1 Å². The maximum Gasteiger partial charge on any atom is 0.322 e. The highest BCUT2D eigenvalue weighted by atomic mass is 32.2. The Hall–Kier alpha value is -3.69. The molecule has 2 amide bonds. The number of amidine groups is 1. The molecule has 1 atom stereocenters. The zero-order valence-electron chi connectivity index (χ0n) is 19.2. The summed E-state index contributed by atoms with van der Waals surface area (Å²) < 4.78 is 23.5. The second-order valence-corrected chi connectivity index (χ2v) is 9.29. The van der Waals surface area contributed by atoms with E-state index in [4.69, 9.17) is 11.1 Å². The van der Waals surface area contributed by atoms with Crippen LogP contribution in [-0.4, -0.2) is 31.6 Å². The number of nitrogens with one attached hydrogen (secondary N) is 3. The normalized spacial score (nSPS) is 14.3. The molecular weight excluding hydrogens is 462 g/mol. The molecule has 0 aromatic heterocycles. The van der Waals surface area contributed by atoms with Crippen molar-refractivity contribution in [3.8, 4) is 11.1 Å². The third-order valence-corrected chi connectivity index (χ3v) is 6.56. The molecule has 1 aliphatic carbocycles. The van der Waals surface area contributed by atoms with E-state index in [0.29, 0.717) is 23.5 Å². The van der Waals surface area contributed by atoms with Crippen LogP contribution in [0.15, 0.2) is 72.8 Å². The average molecular weight is 492 g/mol. The van der Waals surface area contributed by atoms with Gasteiger partial charge in [0.15, 0.2) is 0 Å². The largest absolute Gasteiger partial charge is 0.384 e. The molecule has 182 valence electrons. The van der Waals surface area contributed by atoms with Crippen molar-refractivity contribution in [1.82, 2.24) is 4.90 Å². The molecule has 1 saturated carbocycles. The van der Waals surface area contributed by atoms with Gasteiger partial charge in [0.25, 0.3) is 11.3 Å². The maximum absolute atomic E-state index is 13.4. The molecule has 35 heavy (non-hydrogen) atoms. The summed E-state index contributed by atoms with van der Waals surface area (Å²) in [5.74, 6) is -0.0106. The van der Waals surface area contributed by atoms with E-state index >= 15 is 0 Å². The van der Waals surface area contributed by atoms with Gasteiger partial charge in [-0.3, -0.25) is 14.7 Å². The molecule has 0 saturated heterocycles. The van der Waals surface area contributed by atoms with E-state index < -0.39 is 11.3 Å². The van der Waals surface area contributed by atoms with Crippen LogP contribution >= 0.6 is 0 Å². The van der Waals surface area contributed by atoms with E-state index in [2.05, 4.69) is 10.0 Å². The molecule has 3 aromatic carbocycles. The Balaban J connectivity index is 1.59. The topological polar surface area (TPSA) is 132 Å². The van der Waals surface area contributed by atoms with Crippen molar-refractivity contribution in [2.75, 3.05) is 10.0 Å². The fraction of sp³-hybridized carbons (Fsp3) is 0.231. The number of nitrogen functional groups attached to an aromatic ring is 1. The first kappa shape index (κ1) is 24.4. The summed E-state index contributed by atoms with van der Waals surface area (Å²) in [5.41, 5.74) is 9.76. The lowest BCUT2D eigenvalue weighted by molar-refractivity contribution is 0.184. The van der Waals surface area contributed by atoms with Gasteiger partial charge >= 0.3 is 6.03 Å². The van der Waals surface area contributed by atoms with Crippen LogP contribution in [0.5, 0.6) is 0 Å². The Morgan fingerprint density at radius 3 is 2.49 bits per heavy atom. The van der Waals surface area contributed by atoms with Gasteiger partial charge in [-0.2, -0.15) is 0 Å². The minimum absolute atomic E-state index is 0.0106. The summed E-state index contributed by atoms with van der Waals surface area (Å²) in [6.07, 6.45) is 4.01. The molecule has 1 unspecified atom stereocenters. The highest BCUT2D eigenvalue weighted by Gasteiger charge is 2.27. The number of urea groups is 1. The highest BCUT2D eigenvalue weighted by molar-refractivity contribution is 7.80. The molecule has 1 aliphatic rings. The first-order chi connectivity index (χ1) is 16.9. The van der Waals surface area contributed by atoms with Crippen molar-refractivity contribution in [3.63, 3.8) is 0 Å². The zero-order valence-corrected chi connectivity index (χ0v) is 20.1. The third-order valence-electron chi connectivity index (χ3n) is 6.17. The van der Waals surface area contributed by atoms with Gasteiger partial charge in [-0.15, -0.1) is 0 Å². The van der Waals surface area contributed by atoms with Crippen LogP contribution in [-0.2, 0) is 17.8 Å². The molecule has 1 fully saturated rings. The molecule has 0 heterocycles. The lowest BCUT2D eigenvalue weighted by Gasteiger charge is -2.29. The van der Waals surface area contributed by atoms with E-state index in [1.165, 1.54) is 0 Å². The first-order valence-electron chi connectivity index (χ1n) is 11.5. The molecule has 6 N–H and O–H groups in total. The van der Waals surface area contributed by atoms with Crippen molar-refractivity contribution in [3.05, 3.63) is 83.9 Å². The number of benzene rings is 3. The minimum atomic E-state index is -2.27. The van der Waals surface area contributed by atoms with E-state index in [-0.39, 0.29) is 17.9 Å². The SMILES string of the molecule is N=C(N)c1cccc(CN(C(=O)Nc2ccc(-c3ccccc3)c(NS(=O)O)c2)C2CCCC2)c1. The van der Waals surface area contributed by atoms with Gasteiger partial charge in [0, 0.05) is 29.4 Å². The Bertz CT molecular complexity index is 1230. The molecule has 0 aliphatic heterocycles. The Kier molecular flexibility index (Phi) is 7.79. The number of nitrogens with two attached hydrogens (primary N) is 1. The minimum Gasteiger partial charge on any atom is -0.384 e. The maximum atomic E-state index is 13.4. The van der Waals surface area contributed by atoms with Crippen LogP contribution in [0.2, 0.25) is 0 Å². The number of hydrogen-bond acceptors (Lipinski definition) is 3. The van der Waals surface area contributed by atoms with Gasteiger partial charge in [-0.25, -0.2) is 9.00 Å². The number of carbonyl (C=O) groups excluding carboxylic acids is 1. The van der Waals surface area contributed by atoms with Gasteiger partial charge in [-0.1, -0.05) is 67.4 Å². The summed E-state index contributed by atoms with van der Waals surface area (Å²) in [6, 6.07) is 22.0. The van der Waals surface area contributed by atoms with Crippen molar-refractivity contribution in [2.45, 2.75) is 38.3 Å². The van der Waals surface area contributed by atoms with Gasteiger partial charge in [0.1, 0.15) is 5.84 Å². The van der Waals surface area contributed by atoms with Crippen molar-refractivity contribution < 1.29 is 13.6 Å². The van der Waals surface area contributed by atoms with Gasteiger partial charge in [0.05, 0.1) is 5.69 Å². The second kappa shape index (κ2) is 11.2. The van der Waals surface area contributed by atoms with Gasteiger partial charge < -0.3 is 16.0 Å². The molecule has 0 bridgehead atoms. The first-order valence-corrected chi connectivity index (χ1v) is 12.6. The smallest absolute Gasteiger partial charge is 0.322 e.